The zero-order valence-corrected chi connectivity index (χ0v) is 16.5. The summed E-state index contributed by atoms with van der Waals surface area (Å²) in [5.41, 5.74) is 2.78. The molecule has 6 nitrogen and oxygen atoms in total. The first-order valence-corrected chi connectivity index (χ1v) is 10.1. The van der Waals surface area contributed by atoms with Crippen LogP contribution in [0.1, 0.15) is 12.5 Å². The van der Waals surface area contributed by atoms with E-state index in [0.29, 0.717) is 24.1 Å². The first-order chi connectivity index (χ1) is 14.1. The van der Waals surface area contributed by atoms with Crippen molar-refractivity contribution in [1.29, 1.82) is 0 Å². The Morgan fingerprint density at radius 1 is 1.21 bits per heavy atom. The predicted octanol–water partition coefficient (Wildman–Crippen LogP) is 4.20. The van der Waals surface area contributed by atoms with Crippen molar-refractivity contribution in [2.45, 2.75) is 23.8 Å². The lowest BCUT2D eigenvalue weighted by atomic mass is 10.1. The zero-order chi connectivity index (χ0) is 20.2. The van der Waals surface area contributed by atoms with Crippen LogP contribution in [0.25, 0.3) is 22.4 Å². The molecular formula is C21H19FN4O2S. The maximum Gasteiger partial charge on any atom is 0.277 e. The summed E-state index contributed by atoms with van der Waals surface area (Å²) in [5.74, 6) is 0.0206. The molecule has 2 aromatic carbocycles. The van der Waals surface area contributed by atoms with Crippen LogP contribution in [0.15, 0.2) is 64.4 Å². The molecule has 0 bridgehead atoms. The molecule has 0 saturated carbocycles. The number of amides is 1. The van der Waals surface area contributed by atoms with E-state index in [0.717, 1.165) is 22.0 Å². The fourth-order valence-corrected chi connectivity index (χ4v) is 3.65. The van der Waals surface area contributed by atoms with Gasteiger partial charge in [0.25, 0.3) is 11.1 Å². The van der Waals surface area contributed by atoms with E-state index >= 15 is 0 Å². The number of carbonyl (C=O) groups excluding carboxylic acids is 1. The normalized spacial score (nSPS) is 12.2. The van der Waals surface area contributed by atoms with Crippen LogP contribution in [0.2, 0.25) is 0 Å². The fraction of sp³-hybridized carbons (Fsp3) is 0.190. The highest BCUT2D eigenvalue weighted by molar-refractivity contribution is 8.00. The van der Waals surface area contributed by atoms with Crippen molar-refractivity contribution in [2.75, 3.05) is 6.54 Å². The Labute approximate surface area is 170 Å². The van der Waals surface area contributed by atoms with Crippen molar-refractivity contribution in [3.05, 3.63) is 66.1 Å². The van der Waals surface area contributed by atoms with Crippen LogP contribution < -0.4 is 5.32 Å². The number of thioether (sulfide) groups is 1. The quantitative estimate of drug-likeness (QED) is 0.446. The molecule has 0 aliphatic carbocycles. The molecule has 8 heteroatoms. The summed E-state index contributed by atoms with van der Waals surface area (Å²) in [4.78, 5) is 15.5. The largest absolute Gasteiger partial charge is 0.411 e. The van der Waals surface area contributed by atoms with Crippen LogP contribution in [0, 0.1) is 5.82 Å². The van der Waals surface area contributed by atoms with E-state index in [9.17, 15) is 9.18 Å². The maximum absolute atomic E-state index is 12.9. The highest BCUT2D eigenvalue weighted by atomic mass is 32.2. The number of rotatable bonds is 7. The molecule has 0 spiro atoms. The number of halogens is 1. The van der Waals surface area contributed by atoms with Gasteiger partial charge in [0.05, 0.1) is 10.8 Å². The van der Waals surface area contributed by atoms with Crippen molar-refractivity contribution in [1.82, 2.24) is 20.5 Å². The van der Waals surface area contributed by atoms with Crippen LogP contribution in [0.5, 0.6) is 0 Å². The average molecular weight is 410 g/mol. The summed E-state index contributed by atoms with van der Waals surface area (Å²) in [5, 5.41) is 12.0. The molecule has 2 heterocycles. The van der Waals surface area contributed by atoms with Crippen molar-refractivity contribution < 1.29 is 13.6 Å². The maximum atomic E-state index is 12.9. The molecule has 4 rings (SSSR count). The Bertz CT molecular complexity index is 1120. The van der Waals surface area contributed by atoms with Crippen LogP contribution in [-0.2, 0) is 11.2 Å². The minimum Gasteiger partial charge on any atom is -0.411 e. The molecule has 2 aromatic heterocycles. The number of para-hydroxylation sites is 1. The van der Waals surface area contributed by atoms with Crippen molar-refractivity contribution >= 4 is 28.6 Å². The van der Waals surface area contributed by atoms with Gasteiger partial charge in [-0.05, 0) is 37.1 Å². The van der Waals surface area contributed by atoms with Gasteiger partial charge < -0.3 is 14.7 Å². The number of aromatic nitrogens is 3. The number of nitrogens with zero attached hydrogens (tertiary/aromatic N) is 2. The number of hydrogen-bond acceptors (Lipinski definition) is 5. The Balaban J connectivity index is 1.33. The number of nitrogens with one attached hydrogen (secondary N) is 2. The van der Waals surface area contributed by atoms with E-state index in [1.54, 1.807) is 19.1 Å². The standard InChI is InChI=1S/C21H19FN4O2S/c1-13(19(27)23-11-10-14-6-8-15(22)9-7-14)29-21-26-25-20(28-21)17-12-24-18-5-3-2-4-16(17)18/h2-9,12-13,24H,10-11H2,1H3,(H,23,27)/t13-/m0/s1. The smallest absolute Gasteiger partial charge is 0.277 e. The molecule has 0 fully saturated rings. The van der Waals surface area contributed by atoms with Gasteiger partial charge >= 0.3 is 0 Å². The van der Waals surface area contributed by atoms with E-state index < -0.39 is 0 Å². The molecule has 0 aliphatic heterocycles. The first-order valence-electron chi connectivity index (χ1n) is 9.19. The number of fused-ring (bicyclic) bond motifs is 1. The summed E-state index contributed by atoms with van der Waals surface area (Å²) < 4.78 is 18.7. The third kappa shape index (κ3) is 4.48. The molecular weight excluding hydrogens is 391 g/mol. The van der Waals surface area contributed by atoms with E-state index in [-0.39, 0.29) is 17.0 Å². The minimum absolute atomic E-state index is 0.121. The van der Waals surface area contributed by atoms with Crippen molar-refractivity contribution in [2.24, 2.45) is 0 Å². The summed E-state index contributed by atoms with van der Waals surface area (Å²) in [6.45, 7) is 2.26. The summed E-state index contributed by atoms with van der Waals surface area (Å²) in [7, 11) is 0. The second-order valence-electron chi connectivity index (χ2n) is 6.55. The zero-order valence-electron chi connectivity index (χ0n) is 15.7. The number of carbonyl (C=O) groups is 1. The summed E-state index contributed by atoms with van der Waals surface area (Å²) >= 11 is 1.21. The minimum atomic E-state index is -0.389. The highest BCUT2D eigenvalue weighted by Crippen LogP contribution is 2.30. The number of aromatic amines is 1. The Hall–Kier alpha value is -3.13. The Morgan fingerprint density at radius 2 is 2.00 bits per heavy atom. The van der Waals surface area contributed by atoms with Gasteiger partial charge in [-0.2, -0.15) is 0 Å². The Morgan fingerprint density at radius 3 is 2.83 bits per heavy atom. The second kappa shape index (κ2) is 8.48. The molecule has 1 amide bonds. The molecule has 29 heavy (non-hydrogen) atoms. The predicted molar refractivity (Wildman–Crippen MR) is 110 cm³/mol. The van der Waals surface area contributed by atoms with Crippen LogP contribution in [0.4, 0.5) is 4.39 Å². The summed E-state index contributed by atoms with van der Waals surface area (Å²) in [6.07, 6.45) is 2.47. The molecule has 0 unspecified atom stereocenters. The van der Waals surface area contributed by atoms with Gasteiger partial charge in [0, 0.05) is 23.6 Å². The topological polar surface area (TPSA) is 83.8 Å². The number of benzene rings is 2. The van der Waals surface area contributed by atoms with Gasteiger partial charge in [0.2, 0.25) is 5.91 Å². The first kappa shape index (κ1) is 19.2. The van der Waals surface area contributed by atoms with Crippen molar-refractivity contribution in [3.63, 3.8) is 0 Å². The van der Waals surface area contributed by atoms with E-state index in [1.807, 2.05) is 30.5 Å². The van der Waals surface area contributed by atoms with Gasteiger partial charge in [-0.25, -0.2) is 4.39 Å². The van der Waals surface area contributed by atoms with Crippen LogP contribution in [-0.4, -0.2) is 32.9 Å². The monoisotopic (exact) mass is 410 g/mol. The fourth-order valence-electron chi connectivity index (χ4n) is 2.94. The van der Waals surface area contributed by atoms with Crippen LogP contribution >= 0.6 is 11.8 Å². The molecule has 1 atom stereocenters. The second-order valence-corrected chi connectivity index (χ2v) is 7.84. The summed E-state index contributed by atoms with van der Waals surface area (Å²) in [6, 6.07) is 14.1. The molecule has 148 valence electrons. The molecule has 0 radical (unpaired) electrons. The lowest BCUT2D eigenvalue weighted by Crippen LogP contribution is -2.32. The molecule has 0 aliphatic rings. The SMILES string of the molecule is C[C@H](Sc1nnc(-c2c[nH]c3ccccc23)o1)C(=O)NCCc1ccc(F)cc1. The van der Waals surface area contributed by atoms with Crippen molar-refractivity contribution in [3.8, 4) is 11.5 Å². The third-order valence-electron chi connectivity index (χ3n) is 4.50. The van der Waals surface area contributed by atoms with E-state index in [4.69, 9.17) is 4.42 Å². The van der Waals surface area contributed by atoms with Gasteiger partial charge in [0.1, 0.15) is 5.82 Å². The highest BCUT2D eigenvalue weighted by Gasteiger charge is 2.19. The van der Waals surface area contributed by atoms with Gasteiger partial charge in [-0.3, -0.25) is 4.79 Å². The van der Waals surface area contributed by atoms with Crippen LogP contribution in [0.3, 0.4) is 0 Å². The van der Waals surface area contributed by atoms with E-state index in [2.05, 4.69) is 20.5 Å². The lowest BCUT2D eigenvalue weighted by molar-refractivity contribution is -0.120. The van der Waals surface area contributed by atoms with Gasteiger partial charge in [-0.15, -0.1) is 10.2 Å². The average Bonchev–Trinajstić information content (AvgIpc) is 3.36. The molecule has 4 aromatic rings. The van der Waals surface area contributed by atoms with E-state index in [1.165, 1.54) is 23.9 Å². The van der Waals surface area contributed by atoms with Gasteiger partial charge in [-0.1, -0.05) is 42.1 Å². The third-order valence-corrected chi connectivity index (χ3v) is 5.43. The molecule has 0 saturated heterocycles. The number of hydrogen-bond donors (Lipinski definition) is 2. The Kier molecular flexibility index (Phi) is 5.62. The van der Waals surface area contributed by atoms with Gasteiger partial charge in [0.15, 0.2) is 0 Å². The lowest BCUT2D eigenvalue weighted by Gasteiger charge is -2.09. The number of H-pyrrole nitrogens is 1. The molecule has 2 N–H and O–H groups in total.